The molecule has 1 heterocycles. The van der Waals surface area contributed by atoms with Crippen LogP contribution in [0.5, 0.6) is 0 Å². The van der Waals surface area contributed by atoms with Crippen molar-refractivity contribution in [1.82, 2.24) is 20.3 Å². The molecule has 0 aliphatic heterocycles. The van der Waals surface area contributed by atoms with Crippen LogP contribution in [0.3, 0.4) is 0 Å². The number of nitrogens with zero attached hydrogens (tertiary/aromatic N) is 3. The minimum atomic E-state index is -0.169. The Bertz CT molecular complexity index is 347. The smallest absolute Gasteiger partial charge is 0.273 e. The van der Waals surface area contributed by atoms with E-state index in [1.54, 1.807) is 10.9 Å². The van der Waals surface area contributed by atoms with Crippen molar-refractivity contribution in [2.75, 3.05) is 13.1 Å². The first kappa shape index (κ1) is 13.6. The van der Waals surface area contributed by atoms with Crippen molar-refractivity contribution in [1.29, 1.82) is 0 Å². The molecule has 0 saturated carbocycles. The first-order chi connectivity index (χ1) is 8.13. The average molecular weight is 239 g/mol. The van der Waals surface area contributed by atoms with Crippen LogP contribution in [0.2, 0.25) is 0 Å². The molecule has 17 heavy (non-hydrogen) atoms. The second kappa shape index (κ2) is 7.01. The van der Waals surface area contributed by atoms with Gasteiger partial charge in [0.25, 0.3) is 5.91 Å². The molecule has 0 spiro atoms. The van der Waals surface area contributed by atoms with Crippen molar-refractivity contribution in [2.45, 2.75) is 33.2 Å². The molecule has 0 unspecified atom stereocenters. The zero-order valence-corrected chi connectivity index (χ0v) is 10.5. The Balaban J connectivity index is 2.31. The number of hydrogen-bond donors (Lipinski definition) is 2. The fourth-order valence-electron chi connectivity index (χ4n) is 1.45. The maximum absolute atomic E-state index is 11.6. The van der Waals surface area contributed by atoms with Crippen LogP contribution in [0.1, 0.15) is 37.2 Å². The standard InChI is InChI=1S/C11H21N5O/c1-9(2)4-3-6-13-11(17)10-8-16(7-5-12)15-14-10/h8-9H,3-7,12H2,1-2H3,(H,13,17). The largest absolute Gasteiger partial charge is 0.351 e. The molecule has 0 aromatic carbocycles. The average Bonchev–Trinajstić information content (AvgIpc) is 2.73. The van der Waals surface area contributed by atoms with E-state index in [0.29, 0.717) is 31.2 Å². The van der Waals surface area contributed by atoms with Gasteiger partial charge in [0.15, 0.2) is 5.69 Å². The molecule has 96 valence electrons. The summed E-state index contributed by atoms with van der Waals surface area (Å²) >= 11 is 0. The van der Waals surface area contributed by atoms with E-state index in [-0.39, 0.29) is 5.91 Å². The Morgan fingerprint density at radius 3 is 3.00 bits per heavy atom. The van der Waals surface area contributed by atoms with Gasteiger partial charge >= 0.3 is 0 Å². The molecular weight excluding hydrogens is 218 g/mol. The van der Waals surface area contributed by atoms with E-state index < -0.39 is 0 Å². The van der Waals surface area contributed by atoms with Crippen molar-refractivity contribution in [3.63, 3.8) is 0 Å². The van der Waals surface area contributed by atoms with Crippen molar-refractivity contribution in [3.05, 3.63) is 11.9 Å². The van der Waals surface area contributed by atoms with E-state index in [1.807, 2.05) is 0 Å². The summed E-state index contributed by atoms with van der Waals surface area (Å²) in [5, 5.41) is 10.4. The van der Waals surface area contributed by atoms with Crippen LogP contribution in [-0.4, -0.2) is 34.0 Å². The molecule has 0 aliphatic carbocycles. The zero-order valence-electron chi connectivity index (χ0n) is 10.5. The number of nitrogens with one attached hydrogen (secondary N) is 1. The van der Waals surface area contributed by atoms with Crippen LogP contribution in [0.25, 0.3) is 0 Å². The van der Waals surface area contributed by atoms with E-state index in [2.05, 4.69) is 29.5 Å². The quantitative estimate of drug-likeness (QED) is 0.674. The van der Waals surface area contributed by atoms with Gasteiger partial charge in [-0.2, -0.15) is 0 Å². The number of carbonyl (C=O) groups excluding carboxylic acids is 1. The summed E-state index contributed by atoms with van der Waals surface area (Å²) in [4.78, 5) is 11.6. The molecule has 6 nitrogen and oxygen atoms in total. The highest BCUT2D eigenvalue weighted by Gasteiger charge is 2.09. The molecule has 0 aliphatic rings. The summed E-state index contributed by atoms with van der Waals surface area (Å²) in [6.07, 6.45) is 3.71. The maximum Gasteiger partial charge on any atom is 0.273 e. The number of carbonyl (C=O) groups is 1. The number of hydrogen-bond acceptors (Lipinski definition) is 4. The van der Waals surface area contributed by atoms with Gasteiger partial charge in [-0.3, -0.25) is 9.48 Å². The molecule has 0 fully saturated rings. The Labute approximate surface area is 102 Å². The lowest BCUT2D eigenvalue weighted by atomic mass is 10.1. The minimum Gasteiger partial charge on any atom is -0.351 e. The predicted molar refractivity (Wildman–Crippen MR) is 65.5 cm³/mol. The Morgan fingerprint density at radius 2 is 2.35 bits per heavy atom. The van der Waals surface area contributed by atoms with Gasteiger partial charge < -0.3 is 11.1 Å². The van der Waals surface area contributed by atoms with Crippen LogP contribution >= 0.6 is 0 Å². The van der Waals surface area contributed by atoms with Gasteiger partial charge in [0.1, 0.15) is 0 Å². The fraction of sp³-hybridized carbons (Fsp3) is 0.727. The number of rotatable bonds is 7. The van der Waals surface area contributed by atoms with Crippen molar-refractivity contribution in [3.8, 4) is 0 Å². The molecule has 0 saturated heterocycles. The second-order valence-electron chi connectivity index (χ2n) is 4.45. The van der Waals surface area contributed by atoms with Crippen LogP contribution in [0.4, 0.5) is 0 Å². The molecule has 0 bridgehead atoms. The summed E-state index contributed by atoms with van der Waals surface area (Å²) < 4.78 is 1.57. The third kappa shape index (κ3) is 4.95. The summed E-state index contributed by atoms with van der Waals surface area (Å²) in [5.74, 6) is 0.495. The molecule has 6 heteroatoms. The van der Waals surface area contributed by atoms with Gasteiger partial charge in [0.2, 0.25) is 0 Å². The van der Waals surface area contributed by atoms with Crippen LogP contribution in [0, 0.1) is 5.92 Å². The van der Waals surface area contributed by atoms with E-state index in [0.717, 1.165) is 12.8 Å². The lowest BCUT2D eigenvalue weighted by molar-refractivity contribution is 0.0947. The normalized spacial score (nSPS) is 10.8. The lowest BCUT2D eigenvalue weighted by Crippen LogP contribution is -2.25. The van der Waals surface area contributed by atoms with Gasteiger partial charge in [-0.1, -0.05) is 19.1 Å². The monoisotopic (exact) mass is 239 g/mol. The SMILES string of the molecule is CC(C)CCCNC(=O)c1cn(CCN)nn1. The fourth-order valence-corrected chi connectivity index (χ4v) is 1.45. The molecule has 1 amide bonds. The Kier molecular flexibility index (Phi) is 5.62. The first-order valence-corrected chi connectivity index (χ1v) is 6.02. The van der Waals surface area contributed by atoms with Crippen molar-refractivity contribution < 1.29 is 4.79 Å². The van der Waals surface area contributed by atoms with Crippen LogP contribution in [-0.2, 0) is 6.54 Å². The molecule has 0 radical (unpaired) electrons. The van der Waals surface area contributed by atoms with Crippen molar-refractivity contribution >= 4 is 5.91 Å². The number of nitrogens with two attached hydrogens (primary N) is 1. The summed E-state index contributed by atoms with van der Waals surface area (Å²) in [6, 6.07) is 0. The molecular formula is C11H21N5O. The van der Waals surface area contributed by atoms with Crippen molar-refractivity contribution in [2.24, 2.45) is 11.7 Å². The predicted octanol–water partition coefficient (Wildman–Crippen LogP) is 0.403. The maximum atomic E-state index is 11.6. The van der Waals surface area contributed by atoms with E-state index in [4.69, 9.17) is 5.73 Å². The van der Waals surface area contributed by atoms with Gasteiger partial charge in [-0.15, -0.1) is 5.10 Å². The highest BCUT2D eigenvalue weighted by atomic mass is 16.2. The summed E-state index contributed by atoms with van der Waals surface area (Å²) in [5.41, 5.74) is 5.73. The van der Waals surface area contributed by atoms with E-state index in [1.165, 1.54) is 0 Å². The molecule has 3 N–H and O–H groups in total. The highest BCUT2D eigenvalue weighted by Crippen LogP contribution is 2.02. The first-order valence-electron chi connectivity index (χ1n) is 6.02. The molecule has 0 atom stereocenters. The lowest BCUT2D eigenvalue weighted by Gasteiger charge is -2.04. The Hall–Kier alpha value is -1.43. The second-order valence-corrected chi connectivity index (χ2v) is 4.45. The van der Waals surface area contributed by atoms with Crippen LogP contribution in [0.15, 0.2) is 6.20 Å². The molecule has 1 aromatic rings. The summed E-state index contributed by atoms with van der Waals surface area (Å²) in [6.45, 7) is 6.08. The third-order valence-electron chi connectivity index (χ3n) is 2.37. The van der Waals surface area contributed by atoms with Gasteiger partial charge in [-0.05, 0) is 18.8 Å². The molecule has 1 rings (SSSR count). The van der Waals surface area contributed by atoms with Gasteiger partial charge in [0.05, 0.1) is 12.7 Å². The third-order valence-corrected chi connectivity index (χ3v) is 2.37. The van der Waals surface area contributed by atoms with Gasteiger partial charge in [-0.25, -0.2) is 0 Å². The minimum absolute atomic E-state index is 0.169. The number of aromatic nitrogens is 3. The van der Waals surface area contributed by atoms with Crippen LogP contribution < -0.4 is 11.1 Å². The van der Waals surface area contributed by atoms with Gasteiger partial charge in [0, 0.05) is 13.1 Å². The van der Waals surface area contributed by atoms with E-state index in [9.17, 15) is 4.79 Å². The highest BCUT2D eigenvalue weighted by molar-refractivity contribution is 5.91. The summed E-state index contributed by atoms with van der Waals surface area (Å²) in [7, 11) is 0. The molecule has 1 aromatic heterocycles. The topological polar surface area (TPSA) is 85.8 Å². The zero-order chi connectivity index (χ0) is 12.7. The Morgan fingerprint density at radius 1 is 1.59 bits per heavy atom. The van der Waals surface area contributed by atoms with E-state index >= 15 is 0 Å². The number of amides is 1.